The molecular formula is C8H9BrN2O4S. The maximum Gasteiger partial charge on any atom is 0.330 e. The molecule has 1 aromatic rings. The summed E-state index contributed by atoms with van der Waals surface area (Å²) < 4.78 is 6.98. The molecule has 2 rings (SSSR count). The third kappa shape index (κ3) is 2.24. The van der Waals surface area contributed by atoms with Gasteiger partial charge in [0.25, 0.3) is 5.56 Å². The van der Waals surface area contributed by atoms with E-state index in [0.29, 0.717) is 5.75 Å². The number of hydrogen-bond acceptors (Lipinski definition) is 5. The summed E-state index contributed by atoms with van der Waals surface area (Å²) >= 11 is 4.47. The molecule has 2 N–H and O–H groups in total. The van der Waals surface area contributed by atoms with Crippen LogP contribution >= 0.6 is 27.7 Å². The van der Waals surface area contributed by atoms with Crippen molar-refractivity contribution in [3.05, 3.63) is 31.5 Å². The molecule has 8 heteroatoms. The Morgan fingerprint density at radius 3 is 3.06 bits per heavy atom. The summed E-state index contributed by atoms with van der Waals surface area (Å²) in [5.41, 5.74) is -1.30. The number of nitrogens with zero attached hydrogens (tertiary/aromatic N) is 1. The van der Waals surface area contributed by atoms with Crippen molar-refractivity contribution in [3.8, 4) is 0 Å². The summed E-state index contributed by atoms with van der Waals surface area (Å²) in [6, 6.07) is 0. The van der Waals surface area contributed by atoms with Crippen LogP contribution in [0.25, 0.3) is 0 Å². The van der Waals surface area contributed by atoms with Gasteiger partial charge in [-0.15, -0.1) is 11.8 Å². The maximum atomic E-state index is 11.5. The Bertz CT molecular complexity index is 500. The van der Waals surface area contributed by atoms with E-state index in [0.717, 1.165) is 0 Å². The van der Waals surface area contributed by atoms with Gasteiger partial charge in [-0.3, -0.25) is 14.3 Å². The average molecular weight is 309 g/mol. The molecule has 1 aliphatic rings. The highest BCUT2D eigenvalue weighted by molar-refractivity contribution is 9.10. The first-order valence-corrected chi connectivity index (χ1v) is 6.35. The third-order valence-corrected chi connectivity index (χ3v) is 3.79. The van der Waals surface area contributed by atoms with Gasteiger partial charge in [0.15, 0.2) is 0 Å². The molecule has 1 fully saturated rings. The lowest BCUT2D eigenvalue weighted by Crippen LogP contribution is -2.33. The fourth-order valence-electron chi connectivity index (χ4n) is 1.36. The van der Waals surface area contributed by atoms with Gasteiger partial charge in [-0.2, -0.15) is 0 Å². The van der Waals surface area contributed by atoms with Crippen LogP contribution < -0.4 is 11.2 Å². The molecule has 0 radical (unpaired) electrons. The van der Waals surface area contributed by atoms with E-state index in [1.165, 1.54) is 22.5 Å². The molecule has 6 nitrogen and oxygen atoms in total. The van der Waals surface area contributed by atoms with E-state index in [-0.39, 0.29) is 16.5 Å². The van der Waals surface area contributed by atoms with E-state index in [2.05, 4.69) is 20.9 Å². The summed E-state index contributed by atoms with van der Waals surface area (Å²) in [5, 5.41) is 8.90. The minimum absolute atomic E-state index is 0.0968. The standard InChI is InChI=1S/C8H9BrN2O4S/c9-4-1-11(8(14)10-7(4)13)5-3-16-6(2-12)15-5/h1,5-6,12H,2-3H2,(H,10,13,14)/t5-,6-/m1/s1. The van der Waals surface area contributed by atoms with Crippen LogP contribution in [0.2, 0.25) is 0 Å². The summed E-state index contributed by atoms with van der Waals surface area (Å²) in [6.07, 6.45) is 0.939. The lowest BCUT2D eigenvalue weighted by Gasteiger charge is -2.13. The van der Waals surface area contributed by atoms with Crippen LogP contribution in [-0.2, 0) is 4.74 Å². The second-order valence-corrected chi connectivity index (χ2v) is 5.23. The van der Waals surface area contributed by atoms with Gasteiger partial charge in [-0.05, 0) is 15.9 Å². The van der Waals surface area contributed by atoms with E-state index in [4.69, 9.17) is 9.84 Å². The molecule has 0 saturated carbocycles. The zero-order valence-corrected chi connectivity index (χ0v) is 10.5. The normalized spacial score (nSPS) is 24.9. The van der Waals surface area contributed by atoms with Crippen LogP contribution in [0.3, 0.4) is 0 Å². The number of nitrogens with one attached hydrogen (secondary N) is 1. The van der Waals surface area contributed by atoms with Gasteiger partial charge in [0.1, 0.15) is 11.7 Å². The molecule has 0 aliphatic carbocycles. The molecule has 2 atom stereocenters. The van der Waals surface area contributed by atoms with Gasteiger partial charge in [-0.25, -0.2) is 4.79 Å². The van der Waals surface area contributed by atoms with Crippen LogP contribution in [0.4, 0.5) is 0 Å². The number of aliphatic hydroxyl groups excluding tert-OH is 1. The van der Waals surface area contributed by atoms with Crippen LogP contribution in [0.1, 0.15) is 6.23 Å². The zero-order valence-electron chi connectivity index (χ0n) is 8.05. The van der Waals surface area contributed by atoms with Gasteiger partial charge in [0.2, 0.25) is 0 Å². The van der Waals surface area contributed by atoms with Crippen molar-refractivity contribution in [2.45, 2.75) is 11.7 Å². The number of aromatic nitrogens is 2. The molecule has 1 aromatic heterocycles. The Morgan fingerprint density at radius 2 is 2.44 bits per heavy atom. The van der Waals surface area contributed by atoms with Crippen molar-refractivity contribution in [1.29, 1.82) is 0 Å². The topological polar surface area (TPSA) is 84.3 Å². The first kappa shape index (κ1) is 11.9. The Labute approximate surface area is 103 Å². The predicted molar refractivity (Wildman–Crippen MR) is 62.5 cm³/mol. The minimum Gasteiger partial charge on any atom is -0.393 e. The SMILES string of the molecule is O=c1[nH]c(=O)n([C@H]2CS[C@H](CO)O2)cc1Br. The fourth-order valence-corrected chi connectivity index (χ4v) is 2.61. The molecule has 2 heterocycles. The molecule has 0 unspecified atom stereocenters. The van der Waals surface area contributed by atoms with Crippen molar-refractivity contribution in [2.24, 2.45) is 0 Å². The van der Waals surface area contributed by atoms with Crippen LogP contribution in [0.5, 0.6) is 0 Å². The highest BCUT2D eigenvalue weighted by Crippen LogP contribution is 2.30. The molecule has 1 aliphatic heterocycles. The zero-order chi connectivity index (χ0) is 11.7. The third-order valence-electron chi connectivity index (χ3n) is 2.12. The van der Waals surface area contributed by atoms with Crippen molar-refractivity contribution in [3.63, 3.8) is 0 Å². The van der Waals surface area contributed by atoms with E-state index >= 15 is 0 Å². The fraction of sp³-hybridized carbons (Fsp3) is 0.500. The molecule has 0 amide bonds. The largest absolute Gasteiger partial charge is 0.393 e. The highest BCUT2D eigenvalue weighted by Gasteiger charge is 2.27. The first-order chi connectivity index (χ1) is 7.61. The second kappa shape index (κ2) is 4.74. The predicted octanol–water partition coefficient (Wildman–Crippen LogP) is -0.121. The minimum atomic E-state index is -0.516. The molecule has 16 heavy (non-hydrogen) atoms. The Morgan fingerprint density at radius 1 is 1.69 bits per heavy atom. The van der Waals surface area contributed by atoms with E-state index in [9.17, 15) is 9.59 Å². The number of ether oxygens (including phenoxy) is 1. The van der Waals surface area contributed by atoms with Gasteiger partial charge in [0.05, 0.1) is 11.1 Å². The molecular weight excluding hydrogens is 300 g/mol. The van der Waals surface area contributed by atoms with Gasteiger partial charge < -0.3 is 9.84 Å². The van der Waals surface area contributed by atoms with E-state index in [1.807, 2.05) is 0 Å². The van der Waals surface area contributed by atoms with Gasteiger partial charge in [0, 0.05) is 11.9 Å². The molecule has 88 valence electrons. The second-order valence-electron chi connectivity index (χ2n) is 3.18. The lowest BCUT2D eigenvalue weighted by atomic mass is 10.5. The van der Waals surface area contributed by atoms with Gasteiger partial charge >= 0.3 is 5.69 Å². The molecule has 0 aromatic carbocycles. The van der Waals surface area contributed by atoms with Crippen molar-refractivity contribution < 1.29 is 9.84 Å². The van der Waals surface area contributed by atoms with E-state index in [1.54, 1.807) is 0 Å². The summed E-state index contributed by atoms with van der Waals surface area (Å²) in [4.78, 5) is 24.8. The van der Waals surface area contributed by atoms with E-state index < -0.39 is 17.5 Å². The van der Waals surface area contributed by atoms with Gasteiger partial charge in [-0.1, -0.05) is 0 Å². The van der Waals surface area contributed by atoms with Crippen LogP contribution in [0, 0.1) is 0 Å². The number of halogens is 1. The van der Waals surface area contributed by atoms with Crippen LogP contribution in [0.15, 0.2) is 20.3 Å². The summed E-state index contributed by atoms with van der Waals surface area (Å²) in [7, 11) is 0. The Hall–Kier alpha value is -0.570. The Kier molecular flexibility index (Phi) is 3.53. The molecule has 1 saturated heterocycles. The summed E-state index contributed by atoms with van der Waals surface area (Å²) in [5.74, 6) is 0.559. The number of aliphatic hydroxyl groups is 1. The van der Waals surface area contributed by atoms with Crippen molar-refractivity contribution in [2.75, 3.05) is 12.4 Å². The molecule has 0 spiro atoms. The lowest BCUT2D eigenvalue weighted by molar-refractivity contribution is -0.00651. The number of thioether (sulfide) groups is 1. The first-order valence-electron chi connectivity index (χ1n) is 4.50. The average Bonchev–Trinajstić information content (AvgIpc) is 2.71. The monoisotopic (exact) mass is 308 g/mol. The number of hydrogen-bond donors (Lipinski definition) is 2. The number of H-pyrrole nitrogens is 1. The maximum absolute atomic E-state index is 11.5. The number of aromatic amines is 1. The molecule has 0 bridgehead atoms. The van der Waals surface area contributed by atoms with Crippen molar-refractivity contribution >= 4 is 27.7 Å². The Balaban J connectivity index is 2.32. The highest BCUT2D eigenvalue weighted by atomic mass is 79.9. The van der Waals surface area contributed by atoms with Crippen molar-refractivity contribution in [1.82, 2.24) is 9.55 Å². The van der Waals surface area contributed by atoms with Crippen LogP contribution in [-0.4, -0.2) is 32.5 Å². The quantitative estimate of drug-likeness (QED) is 0.796. The summed E-state index contributed by atoms with van der Waals surface area (Å²) in [6.45, 7) is -0.0968. The smallest absolute Gasteiger partial charge is 0.330 e. The number of rotatable bonds is 2.